The second-order valence-corrected chi connectivity index (χ2v) is 7.25. The highest BCUT2D eigenvalue weighted by molar-refractivity contribution is 14.1. The third-order valence-corrected chi connectivity index (χ3v) is 4.93. The number of benzene rings is 1. The number of nitrogens with zero attached hydrogens (tertiary/aromatic N) is 1. The van der Waals surface area contributed by atoms with Gasteiger partial charge in [0.05, 0.1) is 31.5 Å². The fraction of sp³-hybridized carbons (Fsp3) is 0.333. The maximum atomic E-state index is 12.5. The molecule has 12 heteroatoms. The Morgan fingerprint density at radius 2 is 2.11 bits per heavy atom. The van der Waals surface area contributed by atoms with Crippen molar-refractivity contribution >= 4 is 56.1 Å². The number of halogens is 5. The lowest BCUT2D eigenvalue weighted by Crippen LogP contribution is -2.31. The van der Waals surface area contributed by atoms with Crippen LogP contribution in [0.3, 0.4) is 0 Å². The van der Waals surface area contributed by atoms with Crippen LogP contribution in [0.25, 0.3) is 0 Å². The first-order valence-electron chi connectivity index (χ1n) is 7.30. The zero-order valence-corrected chi connectivity index (χ0v) is 17.4. The van der Waals surface area contributed by atoms with Gasteiger partial charge in [0.2, 0.25) is 0 Å². The van der Waals surface area contributed by atoms with E-state index in [1.54, 1.807) is 22.6 Å². The van der Waals surface area contributed by atoms with Crippen molar-refractivity contribution in [2.75, 3.05) is 32.1 Å². The van der Waals surface area contributed by atoms with E-state index in [0.29, 0.717) is 3.57 Å². The van der Waals surface area contributed by atoms with E-state index >= 15 is 0 Å². The number of aliphatic hydroxyl groups excluding tert-OH is 1. The number of methoxy groups -OCH3 is 1. The van der Waals surface area contributed by atoms with Gasteiger partial charge in [-0.05, 0) is 50.7 Å². The van der Waals surface area contributed by atoms with Gasteiger partial charge in [-0.25, -0.2) is 4.79 Å². The normalized spacial score (nSPS) is 14.6. The number of alkyl halides is 3. The van der Waals surface area contributed by atoms with Gasteiger partial charge in [0.15, 0.2) is 0 Å². The number of aliphatic hydroxyl groups is 1. The summed E-state index contributed by atoms with van der Waals surface area (Å²) in [6.07, 6.45) is -4.84. The van der Waals surface area contributed by atoms with Gasteiger partial charge < -0.3 is 24.8 Å². The number of rotatable bonds is 6. The molecule has 1 aromatic rings. The van der Waals surface area contributed by atoms with E-state index in [2.05, 4.69) is 30.7 Å². The smallest absolute Gasteiger partial charge is 0.466 e. The maximum absolute atomic E-state index is 12.5. The lowest BCUT2D eigenvalue weighted by Gasteiger charge is -2.17. The molecule has 1 aliphatic heterocycles. The van der Waals surface area contributed by atoms with E-state index in [1.165, 1.54) is 4.90 Å². The first-order chi connectivity index (χ1) is 12.6. The average molecular weight is 565 g/mol. The molecule has 0 aliphatic carbocycles. The molecule has 0 radical (unpaired) electrons. The molecule has 0 saturated carbocycles. The fourth-order valence-corrected chi connectivity index (χ4v) is 3.98. The Balaban J connectivity index is 2.38. The van der Waals surface area contributed by atoms with Gasteiger partial charge in [-0.3, -0.25) is 4.79 Å². The first-order valence-corrected chi connectivity index (χ1v) is 9.18. The minimum absolute atomic E-state index is 0.0150. The highest BCUT2D eigenvalue weighted by Crippen LogP contribution is 2.36. The number of carbonyl (C=O) groups excluding carboxylic acids is 2. The molecule has 2 rings (SSSR count). The lowest BCUT2D eigenvalue weighted by atomic mass is 10.2. The van der Waals surface area contributed by atoms with Crippen LogP contribution in [0.2, 0.25) is 0 Å². The molecule has 0 saturated heterocycles. The second-order valence-electron chi connectivity index (χ2n) is 5.23. The topological polar surface area (TPSA) is 88.1 Å². The van der Waals surface area contributed by atoms with Crippen molar-refractivity contribution in [1.82, 2.24) is 4.90 Å². The summed E-state index contributed by atoms with van der Waals surface area (Å²) in [7, 11) is 1.16. The number of anilines is 1. The van der Waals surface area contributed by atoms with E-state index in [4.69, 9.17) is 5.11 Å². The zero-order valence-electron chi connectivity index (χ0n) is 13.7. The monoisotopic (exact) mass is 564 g/mol. The predicted molar refractivity (Wildman–Crippen MR) is 99.9 cm³/mol. The van der Waals surface area contributed by atoms with E-state index < -0.39 is 24.0 Å². The van der Waals surface area contributed by atoms with Crippen molar-refractivity contribution in [3.05, 3.63) is 31.4 Å². The molecule has 27 heavy (non-hydrogen) atoms. The SMILES string of the molecule is COC(=O)C1=C(Nc2c(Br)cc(OC(F)(F)F)cc2I)C(=O)N(CCO)C1. The molecule has 1 aromatic carbocycles. The van der Waals surface area contributed by atoms with Crippen LogP contribution in [0.5, 0.6) is 5.75 Å². The summed E-state index contributed by atoms with van der Waals surface area (Å²) in [5.41, 5.74) is 0.258. The molecule has 0 fully saturated rings. The quantitative estimate of drug-likeness (QED) is 0.408. The summed E-state index contributed by atoms with van der Waals surface area (Å²) < 4.78 is 46.2. The number of β-amino-alcohol motifs (C(OH)–C–C–N with tert-alkyl or cyclic N) is 1. The van der Waals surface area contributed by atoms with Crippen molar-refractivity contribution < 1.29 is 37.3 Å². The summed E-state index contributed by atoms with van der Waals surface area (Å²) >= 11 is 4.90. The summed E-state index contributed by atoms with van der Waals surface area (Å²) in [5.74, 6) is -1.71. The molecular weight excluding hydrogens is 552 g/mol. The van der Waals surface area contributed by atoms with Gasteiger partial charge in [0, 0.05) is 14.6 Å². The van der Waals surface area contributed by atoms with Crippen LogP contribution in [0, 0.1) is 3.57 Å². The number of esters is 1. The molecule has 1 amide bonds. The highest BCUT2D eigenvalue weighted by atomic mass is 127. The Morgan fingerprint density at radius 3 is 2.63 bits per heavy atom. The Bertz CT molecular complexity index is 777. The van der Waals surface area contributed by atoms with Gasteiger partial charge in [-0.1, -0.05) is 0 Å². The second kappa shape index (κ2) is 8.65. The molecule has 0 aromatic heterocycles. The molecule has 0 spiro atoms. The molecule has 0 unspecified atom stereocenters. The molecule has 1 aliphatic rings. The molecule has 2 N–H and O–H groups in total. The Labute approximate surface area is 173 Å². The van der Waals surface area contributed by atoms with Gasteiger partial charge in [0.1, 0.15) is 11.4 Å². The molecule has 0 atom stereocenters. The molecule has 7 nitrogen and oxygen atoms in total. The summed E-state index contributed by atoms with van der Waals surface area (Å²) in [5, 5.41) is 11.8. The molecule has 0 bridgehead atoms. The van der Waals surface area contributed by atoms with Crippen LogP contribution in [0.15, 0.2) is 27.9 Å². The van der Waals surface area contributed by atoms with Crippen molar-refractivity contribution in [2.45, 2.75) is 6.36 Å². The van der Waals surface area contributed by atoms with E-state index in [-0.39, 0.29) is 41.1 Å². The number of carbonyl (C=O) groups is 2. The first kappa shape index (κ1) is 21.8. The largest absolute Gasteiger partial charge is 0.573 e. The van der Waals surface area contributed by atoms with E-state index in [1.807, 2.05) is 0 Å². The number of amides is 1. The van der Waals surface area contributed by atoms with Gasteiger partial charge >= 0.3 is 12.3 Å². The Morgan fingerprint density at radius 1 is 1.44 bits per heavy atom. The number of nitrogens with one attached hydrogen (secondary N) is 1. The van der Waals surface area contributed by atoms with Crippen LogP contribution >= 0.6 is 38.5 Å². The third kappa shape index (κ3) is 5.25. The fourth-order valence-electron chi connectivity index (χ4n) is 2.34. The molecule has 1 heterocycles. The Hall–Kier alpha value is -1.54. The summed E-state index contributed by atoms with van der Waals surface area (Å²) in [4.78, 5) is 25.7. The molecule has 148 valence electrons. The van der Waals surface area contributed by atoms with Crippen molar-refractivity contribution in [1.29, 1.82) is 0 Å². The summed E-state index contributed by atoms with van der Waals surface area (Å²) in [6, 6.07) is 2.21. The highest BCUT2D eigenvalue weighted by Gasteiger charge is 2.35. The zero-order chi connectivity index (χ0) is 20.4. The summed E-state index contributed by atoms with van der Waals surface area (Å²) in [6.45, 7) is -0.336. The van der Waals surface area contributed by atoms with Crippen LogP contribution in [0.1, 0.15) is 0 Å². The lowest BCUT2D eigenvalue weighted by molar-refractivity contribution is -0.274. The van der Waals surface area contributed by atoms with Crippen molar-refractivity contribution in [3.8, 4) is 5.75 Å². The van der Waals surface area contributed by atoms with Crippen LogP contribution in [-0.4, -0.2) is 55.1 Å². The van der Waals surface area contributed by atoms with Crippen LogP contribution in [-0.2, 0) is 14.3 Å². The van der Waals surface area contributed by atoms with Crippen LogP contribution in [0.4, 0.5) is 18.9 Å². The van der Waals surface area contributed by atoms with E-state index in [0.717, 1.165) is 19.2 Å². The standard InChI is InChI=1S/C15H13BrF3IN2O5/c1-26-14(25)8-6-22(2-3-23)13(24)11(8)21-12-9(16)4-7(5-10(12)20)27-15(17,18)19/h4-5,21,23H,2-3,6H2,1H3. The van der Waals surface area contributed by atoms with Crippen LogP contribution < -0.4 is 10.1 Å². The maximum Gasteiger partial charge on any atom is 0.573 e. The third-order valence-electron chi connectivity index (χ3n) is 3.45. The van der Waals surface area contributed by atoms with Crippen molar-refractivity contribution in [3.63, 3.8) is 0 Å². The predicted octanol–water partition coefficient (Wildman–Crippen LogP) is 2.63. The van der Waals surface area contributed by atoms with Gasteiger partial charge in [-0.2, -0.15) is 0 Å². The van der Waals surface area contributed by atoms with Gasteiger partial charge in [0.25, 0.3) is 5.91 Å². The number of hydrogen-bond acceptors (Lipinski definition) is 6. The average Bonchev–Trinajstić information content (AvgIpc) is 2.85. The number of hydrogen-bond donors (Lipinski definition) is 2. The Kier molecular flexibility index (Phi) is 6.97. The van der Waals surface area contributed by atoms with Gasteiger partial charge in [-0.15, -0.1) is 13.2 Å². The van der Waals surface area contributed by atoms with E-state index in [9.17, 15) is 22.8 Å². The minimum atomic E-state index is -4.84. The minimum Gasteiger partial charge on any atom is -0.466 e. The van der Waals surface area contributed by atoms with Crippen molar-refractivity contribution in [2.24, 2.45) is 0 Å². The number of ether oxygens (including phenoxy) is 2. The molecular formula is C15H13BrF3IN2O5.